The third kappa shape index (κ3) is 5.62. The summed E-state index contributed by atoms with van der Waals surface area (Å²) in [5.41, 5.74) is 0.550. The molecule has 0 radical (unpaired) electrons. The van der Waals surface area contributed by atoms with Crippen LogP contribution in [-0.2, 0) is 10.2 Å². The molecule has 0 saturated carbocycles. The Bertz CT molecular complexity index is 1520. The van der Waals surface area contributed by atoms with E-state index in [-0.39, 0.29) is 46.1 Å². The van der Waals surface area contributed by atoms with Crippen LogP contribution in [0.3, 0.4) is 0 Å². The van der Waals surface area contributed by atoms with Gasteiger partial charge >= 0.3 is 0 Å². The van der Waals surface area contributed by atoms with E-state index in [0.29, 0.717) is 17.4 Å². The first-order valence-corrected chi connectivity index (χ1v) is 15.9. The van der Waals surface area contributed by atoms with Crippen LogP contribution < -0.4 is 10.2 Å². The molecule has 2 N–H and O–H groups in total. The minimum atomic E-state index is -1.24. The molecule has 3 aliphatic rings. The summed E-state index contributed by atoms with van der Waals surface area (Å²) in [6.07, 6.45) is 1.73. The molecule has 2 saturated heterocycles. The molecule has 11 heteroatoms. The number of aromatic nitrogens is 2. The molecule has 6 rings (SSSR count). The number of rotatable bonds is 9. The molecule has 1 unspecified atom stereocenters. The Morgan fingerprint density at radius 3 is 2.55 bits per heavy atom. The molecular weight excluding hydrogens is 586 g/mol. The Morgan fingerprint density at radius 1 is 1.09 bits per heavy atom. The SMILES string of the molecule is CC(C)C(C)c1cn[nH]c1N1C[C@](C)(c2cccc(Cl)c2F)c2c(ccc(NC3CN(CCN4CCOCC4)C3)c2F)C1=O. The number of aromatic amines is 1. The Hall–Kier alpha value is -3.05. The fourth-order valence-electron chi connectivity index (χ4n) is 6.72. The number of H-pyrrole nitrogens is 1. The van der Waals surface area contributed by atoms with Gasteiger partial charge in [0, 0.05) is 73.5 Å². The summed E-state index contributed by atoms with van der Waals surface area (Å²) in [6.45, 7) is 15.1. The smallest absolute Gasteiger partial charge is 0.259 e. The number of ether oxygens (including phenoxy) is 1. The third-order valence-corrected chi connectivity index (χ3v) is 10.0. The molecule has 3 aromatic rings. The van der Waals surface area contributed by atoms with Crippen molar-refractivity contribution >= 4 is 29.0 Å². The number of hydrogen-bond acceptors (Lipinski definition) is 6. The van der Waals surface area contributed by atoms with Gasteiger partial charge in [0.15, 0.2) is 5.82 Å². The number of amides is 1. The number of likely N-dealkylation sites (tertiary alicyclic amines) is 1. The van der Waals surface area contributed by atoms with Crippen molar-refractivity contribution in [3.05, 3.63) is 75.4 Å². The summed E-state index contributed by atoms with van der Waals surface area (Å²) in [5, 5.41) is 10.6. The predicted octanol–water partition coefficient (Wildman–Crippen LogP) is 5.50. The number of nitrogens with zero attached hydrogens (tertiary/aromatic N) is 4. The quantitative estimate of drug-likeness (QED) is 0.327. The van der Waals surface area contributed by atoms with E-state index in [9.17, 15) is 4.79 Å². The van der Waals surface area contributed by atoms with Crippen molar-refractivity contribution in [1.82, 2.24) is 20.0 Å². The molecule has 4 heterocycles. The lowest BCUT2D eigenvalue weighted by Crippen LogP contribution is -2.57. The largest absolute Gasteiger partial charge is 0.379 e. The second-order valence-electron chi connectivity index (χ2n) is 12.9. The molecule has 236 valence electrons. The van der Waals surface area contributed by atoms with Crippen LogP contribution in [0.25, 0.3) is 0 Å². The number of fused-ring (bicyclic) bond motifs is 1. The van der Waals surface area contributed by atoms with Gasteiger partial charge in [0.05, 0.1) is 36.2 Å². The molecule has 2 atom stereocenters. The van der Waals surface area contributed by atoms with Gasteiger partial charge in [-0.25, -0.2) is 8.78 Å². The third-order valence-electron chi connectivity index (χ3n) is 9.75. The Kier molecular flexibility index (Phi) is 8.71. The lowest BCUT2D eigenvalue weighted by molar-refractivity contribution is 0.0287. The average Bonchev–Trinajstić information content (AvgIpc) is 3.48. The number of hydrogen-bond donors (Lipinski definition) is 2. The highest BCUT2D eigenvalue weighted by Crippen LogP contribution is 2.46. The first-order chi connectivity index (χ1) is 21.1. The van der Waals surface area contributed by atoms with Crippen molar-refractivity contribution in [3.8, 4) is 0 Å². The lowest BCUT2D eigenvalue weighted by atomic mass is 9.70. The van der Waals surface area contributed by atoms with Crippen LogP contribution >= 0.6 is 11.6 Å². The number of anilines is 2. The topological polar surface area (TPSA) is 76.7 Å². The van der Waals surface area contributed by atoms with Gasteiger partial charge in [-0.1, -0.05) is 44.5 Å². The molecule has 44 heavy (non-hydrogen) atoms. The van der Waals surface area contributed by atoms with Gasteiger partial charge in [0.1, 0.15) is 11.6 Å². The summed E-state index contributed by atoms with van der Waals surface area (Å²) >= 11 is 6.25. The lowest BCUT2D eigenvalue weighted by Gasteiger charge is -2.44. The van der Waals surface area contributed by atoms with Gasteiger partial charge in [-0.2, -0.15) is 5.10 Å². The number of morpholine rings is 1. The standard InChI is InChI=1S/C33H41ClF2N6O2/c1-20(2)21(3)24-16-37-39-31(24)42-19-33(4,25-6-5-7-26(34)29(25)35)28-23(32(42)43)8-9-27(30(28)36)38-22-17-41(18-22)11-10-40-12-14-44-15-13-40/h5-9,16,20-22,38H,10-15,17-19H2,1-4H3,(H,37,39)/t21?,33-/m1/s1. The van der Waals surface area contributed by atoms with E-state index in [4.69, 9.17) is 16.3 Å². The predicted molar refractivity (Wildman–Crippen MR) is 169 cm³/mol. The fourth-order valence-corrected chi connectivity index (χ4v) is 6.89. The molecule has 0 bridgehead atoms. The van der Waals surface area contributed by atoms with Crippen LogP contribution in [-0.4, -0.2) is 91.0 Å². The minimum absolute atomic E-state index is 0.00915. The maximum Gasteiger partial charge on any atom is 0.259 e. The summed E-state index contributed by atoms with van der Waals surface area (Å²) in [5.74, 6) is -0.571. The van der Waals surface area contributed by atoms with Crippen LogP contribution in [0.2, 0.25) is 5.02 Å². The molecule has 0 spiro atoms. The normalized spacial score (nSPS) is 22.3. The van der Waals surface area contributed by atoms with Crippen molar-refractivity contribution in [3.63, 3.8) is 0 Å². The van der Waals surface area contributed by atoms with Crippen LogP contribution in [0.15, 0.2) is 36.5 Å². The maximum absolute atomic E-state index is 16.7. The number of carbonyl (C=O) groups excluding carboxylic acids is 1. The van der Waals surface area contributed by atoms with E-state index >= 15 is 8.78 Å². The van der Waals surface area contributed by atoms with Crippen LogP contribution in [0, 0.1) is 17.6 Å². The van der Waals surface area contributed by atoms with Gasteiger partial charge in [-0.15, -0.1) is 0 Å². The van der Waals surface area contributed by atoms with E-state index in [0.717, 1.165) is 58.0 Å². The molecule has 0 aliphatic carbocycles. The number of benzene rings is 2. The van der Waals surface area contributed by atoms with E-state index in [1.165, 1.54) is 6.07 Å². The van der Waals surface area contributed by atoms with Gasteiger partial charge in [-0.3, -0.25) is 24.6 Å². The second kappa shape index (κ2) is 12.4. The second-order valence-corrected chi connectivity index (χ2v) is 13.3. The molecular formula is C33H41ClF2N6O2. The van der Waals surface area contributed by atoms with E-state index in [1.807, 2.05) is 0 Å². The van der Waals surface area contributed by atoms with Gasteiger partial charge in [0.25, 0.3) is 5.91 Å². The Morgan fingerprint density at radius 2 is 1.82 bits per heavy atom. The van der Waals surface area contributed by atoms with E-state index in [2.05, 4.69) is 46.1 Å². The van der Waals surface area contributed by atoms with Crippen LogP contribution in [0.5, 0.6) is 0 Å². The molecule has 2 aromatic carbocycles. The highest BCUT2D eigenvalue weighted by molar-refractivity contribution is 6.30. The fraction of sp³-hybridized carbons (Fsp3) is 0.515. The number of nitrogens with one attached hydrogen (secondary N) is 2. The summed E-state index contributed by atoms with van der Waals surface area (Å²) in [7, 11) is 0. The maximum atomic E-state index is 16.7. The highest BCUT2D eigenvalue weighted by Gasteiger charge is 2.47. The summed E-state index contributed by atoms with van der Waals surface area (Å²) in [4.78, 5) is 20.4. The van der Waals surface area contributed by atoms with E-state index < -0.39 is 17.0 Å². The zero-order valence-corrected chi connectivity index (χ0v) is 26.6. The Balaban J connectivity index is 1.31. The van der Waals surface area contributed by atoms with Gasteiger partial charge < -0.3 is 10.1 Å². The number of halogens is 3. The van der Waals surface area contributed by atoms with Crippen molar-refractivity contribution in [1.29, 1.82) is 0 Å². The zero-order valence-electron chi connectivity index (χ0n) is 25.8. The van der Waals surface area contributed by atoms with Crippen molar-refractivity contribution in [2.75, 3.05) is 69.2 Å². The molecule has 1 amide bonds. The van der Waals surface area contributed by atoms with Gasteiger partial charge in [0.2, 0.25) is 0 Å². The van der Waals surface area contributed by atoms with Crippen LogP contribution in [0.4, 0.5) is 20.3 Å². The summed E-state index contributed by atoms with van der Waals surface area (Å²) in [6, 6.07) is 8.12. The first kappa shape index (κ1) is 31.0. The minimum Gasteiger partial charge on any atom is -0.379 e. The molecule has 2 fully saturated rings. The molecule has 3 aliphatic heterocycles. The van der Waals surface area contributed by atoms with Gasteiger partial charge in [-0.05, 0) is 37.0 Å². The number of carbonyl (C=O) groups is 1. The van der Waals surface area contributed by atoms with Crippen LogP contribution in [0.1, 0.15) is 60.7 Å². The monoisotopic (exact) mass is 626 g/mol. The van der Waals surface area contributed by atoms with Crippen molar-refractivity contribution in [2.45, 2.75) is 45.1 Å². The van der Waals surface area contributed by atoms with E-state index in [1.54, 1.807) is 42.3 Å². The molecule has 8 nitrogen and oxygen atoms in total. The Labute approximate surface area is 262 Å². The molecule has 1 aromatic heterocycles. The first-order valence-electron chi connectivity index (χ1n) is 15.5. The van der Waals surface area contributed by atoms with Crippen molar-refractivity contribution < 1.29 is 18.3 Å². The summed E-state index contributed by atoms with van der Waals surface area (Å²) < 4.78 is 37.9. The zero-order chi connectivity index (χ0) is 31.2. The average molecular weight is 627 g/mol. The van der Waals surface area contributed by atoms with Crippen molar-refractivity contribution in [2.24, 2.45) is 5.92 Å². The highest BCUT2D eigenvalue weighted by atomic mass is 35.5.